The van der Waals surface area contributed by atoms with Crippen LogP contribution in [-0.2, 0) is 4.79 Å². The van der Waals surface area contributed by atoms with Crippen molar-refractivity contribution in [3.8, 4) is 17.2 Å². The van der Waals surface area contributed by atoms with E-state index in [-0.39, 0.29) is 35.6 Å². The molecule has 2 aliphatic heterocycles. The molecule has 10 heteroatoms. The number of hydrogen-bond acceptors (Lipinski definition) is 8. The highest BCUT2D eigenvalue weighted by Crippen LogP contribution is 2.33. The summed E-state index contributed by atoms with van der Waals surface area (Å²) in [5.74, 6) is 1.19. The third kappa shape index (κ3) is 5.23. The molecule has 2 heterocycles. The number of rotatable bonds is 7. The Morgan fingerprint density at radius 2 is 1.85 bits per heavy atom. The van der Waals surface area contributed by atoms with Gasteiger partial charge >= 0.3 is 0 Å². The van der Waals surface area contributed by atoms with Crippen LogP contribution in [0.5, 0.6) is 17.2 Å². The van der Waals surface area contributed by atoms with Crippen LogP contribution < -0.4 is 19.5 Å². The number of anilines is 1. The van der Waals surface area contributed by atoms with Gasteiger partial charge in [-0.05, 0) is 50.2 Å². The summed E-state index contributed by atoms with van der Waals surface area (Å²) >= 11 is 0. The van der Waals surface area contributed by atoms with Crippen molar-refractivity contribution in [3.05, 3.63) is 52.1 Å². The second kappa shape index (κ2) is 9.86. The molecule has 0 atom stereocenters. The second-order valence-corrected chi connectivity index (χ2v) is 7.96. The van der Waals surface area contributed by atoms with Crippen molar-refractivity contribution in [2.45, 2.75) is 12.8 Å². The van der Waals surface area contributed by atoms with E-state index >= 15 is 0 Å². The normalized spacial score (nSPS) is 16.2. The van der Waals surface area contributed by atoms with E-state index in [0.29, 0.717) is 61.9 Å². The van der Waals surface area contributed by atoms with Crippen LogP contribution in [0.3, 0.4) is 0 Å². The molecule has 0 unspecified atom stereocenters. The number of amides is 1. The molecule has 0 bridgehead atoms. The lowest BCUT2D eigenvalue weighted by atomic mass is 9.88. The summed E-state index contributed by atoms with van der Waals surface area (Å²) < 4.78 is 16.2. The molecule has 1 amide bonds. The van der Waals surface area contributed by atoms with Gasteiger partial charge in [0.05, 0.1) is 30.3 Å². The lowest BCUT2D eigenvalue weighted by Gasteiger charge is -2.31. The van der Waals surface area contributed by atoms with Crippen LogP contribution in [0, 0.1) is 16.0 Å². The first-order chi connectivity index (χ1) is 15.9. The topological polar surface area (TPSA) is 120 Å². The minimum absolute atomic E-state index is 0.0756. The Balaban J connectivity index is 1.30. The molecule has 0 aliphatic carbocycles. The highest BCUT2D eigenvalue weighted by atomic mass is 16.6. The highest BCUT2D eigenvalue weighted by molar-refractivity contribution is 5.98. The van der Waals surface area contributed by atoms with Gasteiger partial charge in [-0.15, -0.1) is 0 Å². The Labute approximate surface area is 190 Å². The van der Waals surface area contributed by atoms with Gasteiger partial charge in [0, 0.05) is 17.5 Å². The molecule has 1 saturated heterocycles. The van der Waals surface area contributed by atoms with E-state index in [9.17, 15) is 19.7 Å². The number of Topliss-reactive ketones (excluding diaryl/α,β-unsaturated/α-hetero) is 1. The highest BCUT2D eigenvalue weighted by Gasteiger charge is 2.28. The largest absolute Gasteiger partial charge is 0.494 e. The lowest BCUT2D eigenvalue weighted by Crippen LogP contribution is -2.40. The zero-order valence-electron chi connectivity index (χ0n) is 18.2. The molecule has 33 heavy (non-hydrogen) atoms. The first kappa shape index (κ1) is 22.5. The fourth-order valence-electron chi connectivity index (χ4n) is 4.08. The van der Waals surface area contributed by atoms with Gasteiger partial charge in [-0.1, -0.05) is 0 Å². The molecule has 0 spiro atoms. The molecule has 2 aromatic rings. The fraction of sp³-hybridized carbons (Fsp3) is 0.391. The maximum atomic E-state index is 12.9. The minimum atomic E-state index is -0.523. The summed E-state index contributed by atoms with van der Waals surface area (Å²) in [6, 6.07) is 9.32. The van der Waals surface area contributed by atoms with Gasteiger partial charge in [-0.2, -0.15) is 0 Å². The van der Waals surface area contributed by atoms with E-state index in [1.165, 1.54) is 25.3 Å². The maximum absolute atomic E-state index is 12.9. The Hall–Kier alpha value is -3.66. The molecule has 4 rings (SSSR count). The average Bonchev–Trinajstić information content (AvgIpc) is 2.83. The van der Waals surface area contributed by atoms with Crippen LogP contribution in [-0.4, -0.2) is 61.5 Å². The molecule has 1 fully saturated rings. The number of ether oxygens (including phenoxy) is 3. The standard InChI is InChI=1S/C23H25N3O7/c1-31-20-13-17(26(29)30)3-4-18(20)24-22(27)14-25-8-6-15(7-9-25)23(28)16-2-5-19-21(12-16)33-11-10-32-19/h2-5,12-13,15H,6-11,14H2,1H3,(H,24,27). The van der Waals surface area contributed by atoms with Gasteiger partial charge in [0.2, 0.25) is 5.91 Å². The predicted molar refractivity (Wildman–Crippen MR) is 119 cm³/mol. The molecule has 0 radical (unpaired) electrons. The summed E-state index contributed by atoms with van der Waals surface area (Å²) in [5, 5.41) is 13.7. The third-order valence-electron chi connectivity index (χ3n) is 5.82. The summed E-state index contributed by atoms with van der Waals surface area (Å²) in [5.41, 5.74) is 0.868. The van der Waals surface area contributed by atoms with E-state index in [1.807, 2.05) is 4.90 Å². The Kier molecular flexibility index (Phi) is 6.74. The fourth-order valence-corrected chi connectivity index (χ4v) is 4.08. The monoisotopic (exact) mass is 455 g/mol. The number of piperidine rings is 1. The number of ketones is 1. The smallest absolute Gasteiger partial charge is 0.273 e. The van der Waals surface area contributed by atoms with Gasteiger partial charge in [0.1, 0.15) is 19.0 Å². The van der Waals surface area contributed by atoms with Crippen LogP contribution in [0.1, 0.15) is 23.2 Å². The zero-order valence-corrected chi connectivity index (χ0v) is 18.2. The van der Waals surface area contributed by atoms with Gasteiger partial charge < -0.3 is 19.5 Å². The van der Waals surface area contributed by atoms with Crippen LogP contribution in [0.2, 0.25) is 0 Å². The first-order valence-corrected chi connectivity index (χ1v) is 10.7. The number of hydrogen-bond donors (Lipinski definition) is 1. The first-order valence-electron chi connectivity index (χ1n) is 10.7. The number of likely N-dealkylation sites (tertiary alicyclic amines) is 1. The van der Waals surface area contributed by atoms with Crippen molar-refractivity contribution < 1.29 is 28.7 Å². The summed E-state index contributed by atoms with van der Waals surface area (Å²) in [6.07, 6.45) is 1.31. The lowest BCUT2D eigenvalue weighted by molar-refractivity contribution is -0.384. The van der Waals surface area contributed by atoms with Crippen molar-refractivity contribution in [1.82, 2.24) is 4.90 Å². The van der Waals surface area contributed by atoms with Crippen molar-refractivity contribution in [1.29, 1.82) is 0 Å². The van der Waals surface area contributed by atoms with Crippen molar-refractivity contribution in [2.24, 2.45) is 5.92 Å². The number of nitro benzene ring substituents is 1. The molecule has 1 N–H and O–H groups in total. The Bertz CT molecular complexity index is 1060. The summed E-state index contributed by atoms with van der Waals surface area (Å²) in [4.78, 5) is 37.8. The summed E-state index contributed by atoms with van der Waals surface area (Å²) in [6.45, 7) is 2.36. The van der Waals surface area contributed by atoms with E-state index < -0.39 is 4.92 Å². The molecule has 0 saturated carbocycles. The van der Waals surface area contributed by atoms with Crippen LogP contribution in [0.25, 0.3) is 0 Å². The molecule has 10 nitrogen and oxygen atoms in total. The number of non-ortho nitro benzene ring substituents is 1. The predicted octanol–water partition coefficient (Wildman–Crippen LogP) is 2.91. The van der Waals surface area contributed by atoms with E-state index in [2.05, 4.69) is 5.32 Å². The number of methoxy groups -OCH3 is 1. The second-order valence-electron chi connectivity index (χ2n) is 7.96. The number of carbonyl (C=O) groups excluding carboxylic acids is 2. The SMILES string of the molecule is COc1cc([N+](=O)[O-])ccc1NC(=O)CN1CCC(C(=O)c2ccc3c(c2)OCCO3)CC1. The molecule has 2 aromatic carbocycles. The van der Waals surface area contributed by atoms with Crippen molar-refractivity contribution in [3.63, 3.8) is 0 Å². The zero-order chi connectivity index (χ0) is 23.4. The Morgan fingerprint density at radius 1 is 1.12 bits per heavy atom. The molecular formula is C23H25N3O7. The number of carbonyl (C=O) groups is 2. The molecule has 174 valence electrons. The maximum Gasteiger partial charge on any atom is 0.273 e. The van der Waals surface area contributed by atoms with E-state index in [1.54, 1.807) is 18.2 Å². The van der Waals surface area contributed by atoms with Crippen LogP contribution in [0.4, 0.5) is 11.4 Å². The van der Waals surface area contributed by atoms with Gasteiger partial charge in [-0.25, -0.2) is 0 Å². The number of nitro groups is 1. The summed E-state index contributed by atoms with van der Waals surface area (Å²) in [7, 11) is 1.39. The molecular weight excluding hydrogens is 430 g/mol. The third-order valence-corrected chi connectivity index (χ3v) is 5.82. The molecule has 2 aliphatic rings. The van der Waals surface area contributed by atoms with E-state index in [4.69, 9.17) is 14.2 Å². The van der Waals surface area contributed by atoms with Gasteiger partial charge in [0.15, 0.2) is 17.3 Å². The number of nitrogens with zero attached hydrogens (tertiary/aromatic N) is 2. The van der Waals surface area contributed by atoms with Crippen LogP contribution >= 0.6 is 0 Å². The number of nitrogens with one attached hydrogen (secondary N) is 1. The van der Waals surface area contributed by atoms with E-state index in [0.717, 1.165) is 0 Å². The minimum Gasteiger partial charge on any atom is -0.494 e. The van der Waals surface area contributed by atoms with Crippen molar-refractivity contribution >= 4 is 23.1 Å². The van der Waals surface area contributed by atoms with Gasteiger partial charge in [0.25, 0.3) is 5.69 Å². The van der Waals surface area contributed by atoms with Gasteiger partial charge in [-0.3, -0.25) is 24.6 Å². The Morgan fingerprint density at radius 3 is 2.55 bits per heavy atom. The van der Waals surface area contributed by atoms with Crippen molar-refractivity contribution in [2.75, 3.05) is 45.3 Å². The quantitative estimate of drug-likeness (QED) is 0.384. The number of benzene rings is 2. The average molecular weight is 455 g/mol. The number of fused-ring (bicyclic) bond motifs is 1. The molecule has 0 aromatic heterocycles. The van der Waals surface area contributed by atoms with Crippen LogP contribution in [0.15, 0.2) is 36.4 Å².